The molecule has 0 saturated carbocycles. The van der Waals surface area contributed by atoms with Crippen LogP contribution in [-0.2, 0) is 0 Å². The van der Waals surface area contributed by atoms with Crippen LogP contribution in [0.25, 0.3) is 10.2 Å². The second-order valence-corrected chi connectivity index (χ2v) is 3.68. The fourth-order valence-electron chi connectivity index (χ4n) is 1.06. The van der Waals surface area contributed by atoms with Crippen molar-refractivity contribution in [2.24, 2.45) is 0 Å². The van der Waals surface area contributed by atoms with Crippen molar-refractivity contribution in [3.63, 3.8) is 0 Å². The van der Waals surface area contributed by atoms with Gasteiger partial charge in [-0.15, -0.1) is 11.3 Å². The summed E-state index contributed by atoms with van der Waals surface area (Å²) >= 11 is 1.69. The van der Waals surface area contributed by atoms with Gasteiger partial charge in [-0.3, -0.25) is 4.98 Å². The van der Waals surface area contributed by atoms with Crippen molar-refractivity contribution >= 4 is 34.9 Å². The Hall–Kier alpha value is -0.825. The standard InChI is InChI=1S/C8H6BNS/c1-5-7(9)8-6(11-5)3-2-4-10-8/h2-4H,1H3. The minimum absolute atomic E-state index is 0.825. The number of pyridine rings is 1. The van der Waals surface area contributed by atoms with Gasteiger partial charge in [0.25, 0.3) is 0 Å². The van der Waals surface area contributed by atoms with Crippen molar-refractivity contribution in [3.05, 3.63) is 23.2 Å². The third kappa shape index (κ3) is 0.961. The highest BCUT2D eigenvalue weighted by Gasteiger charge is 2.02. The highest BCUT2D eigenvalue weighted by molar-refractivity contribution is 7.20. The van der Waals surface area contributed by atoms with Gasteiger partial charge in [-0.2, -0.15) is 0 Å². The smallest absolute Gasteiger partial charge is 0.118 e. The maximum Gasteiger partial charge on any atom is 0.118 e. The molecular formula is C8H6BNS. The van der Waals surface area contributed by atoms with Crippen LogP contribution in [0, 0.1) is 6.92 Å². The van der Waals surface area contributed by atoms with Crippen LogP contribution < -0.4 is 5.46 Å². The number of nitrogens with zero attached hydrogens (tertiary/aromatic N) is 1. The summed E-state index contributed by atoms with van der Waals surface area (Å²) in [5, 5.41) is 0. The molecule has 2 heterocycles. The third-order valence-electron chi connectivity index (χ3n) is 1.67. The summed E-state index contributed by atoms with van der Waals surface area (Å²) in [6, 6.07) is 3.97. The Labute approximate surface area is 70.5 Å². The lowest BCUT2D eigenvalue weighted by Crippen LogP contribution is -2.03. The Balaban J connectivity index is 2.92. The second-order valence-electron chi connectivity index (χ2n) is 2.42. The van der Waals surface area contributed by atoms with Gasteiger partial charge in [0.2, 0.25) is 0 Å². The first kappa shape index (κ1) is 6.86. The molecule has 0 fully saturated rings. The third-order valence-corrected chi connectivity index (χ3v) is 2.74. The minimum atomic E-state index is 0.825. The molecule has 0 spiro atoms. The predicted molar refractivity (Wildman–Crippen MR) is 49.7 cm³/mol. The largest absolute Gasteiger partial charge is 0.256 e. The molecule has 0 unspecified atom stereocenters. The number of rotatable bonds is 0. The molecule has 0 aliphatic carbocycles. The van der Waals surface area contributed by atoms with E-state index >= 15 is 0 Å². The van der Waals surface area contributed by atoms with Crippen LogP contribution in [0.2, 0.25) is 0 Å². The molecule has 0 aromatic carbocycles. The van der Waals surface area contributed by atoms with Crippen LogP contribution in [0.1, 0.15) is 4.88 Å². The van der Waals surface area contributed by atoms with E-state index in [-0.39, 0.29) is 0 Å². The number of thiophene rings is 1. The summed E-state index contributed by atoms with van der Waals surface area (Å²) in [6.07, 6.45) is 1.77. The van der Waals surface area contributed by atoms with Crippen molar-refractivity contribution in [1.29, 1.82) is 0 Å². The van der Waals surface area contributed by atoms with Gasteiger partial charge in [-0.05, 0) is 23.9 Å². The monoisotopic (exact) mass is 159 g/mol. The Morgan fingerprint density at radius 2 is 2.36 bits per heavy atom. The summed E-state index contributed by atoms with van der Waals surface area (Å²) in [7, 11) is 5.79. The van der Waals surface area contributed by atoms with Gasteiger partial charge in [0.05, 0.1) is 10.2 Å². The molecule has 0 amide bonds. The van der Waals surface area contributed by atoms with E-state index in [2.05, 4.69) is 4.98 Å². The number of hydrogen-bond acceptors (Lipinski definition) is 2. The summed E-state index contributed by atoms with van der Waals surface area (Å²) in [4.78, 5) is 5.34. The Bertz CT molecular complexity index is 394. The van der Waals surface area contributed by atoms with Gasteiger partial charge in [0, 0.05) is 6.20 Å². The van der Waals surface area contributed by atoms with E-state index < -0.39 is 0 Å². The first-order valence-corrected chi connectivity index (χ1v) is 4.20. The lowest BCUT2D eigenvalue weighted by molar-refractivity contribution is 1.43. The number of aromatic nitrogens is 1. The SMILES string of the molecule is [B]c1c(C)sc2cccnc12. The van der Waals surface area contributed by atoms with Gasteiger partial charge < -0.3 is 0 Å². The van der Waals surface area contributed by atoms with Crippen LogP contribution >= 0.6 is 11.3 Å². The first-order valence-electron chi connectivity index (χ1n) is 3.38. The average Bonchev–Trinajstić information content (AvgIpc) is 2.30. The molecule has 2 aromatic rings. The number of aryl methyl sites for hydroxylation is 1. The van der Waals surface area contributed by atoms with Crippen molar-refractivity contribution in [3.8, 4) is 0 Å². The van der Waals surface area contributed by atoms with Crippen molar-refractivity contribution in [2.45, 2.75) is 6.92 Å². The fourth-order valence-corrected chi connectivity index (χ4v) is 2.00. The Kier molecular flexibility index (Phi) is 1.46. The molecule has 0 aliphatic heterocycles. The van der Waals surface area contributed by atoms with E-state index in [1.54, 1.807) is 17.5 Å². The molecule has 0 bridgehead atoms. The van der Waals surface area contributed by atoms with E-state index in [1.807, 2.05) is 19.1 Å². The lowest BCUT2D eigenvalue weighted by atomic mass is 9.96. The van der Waals surface area contributed by atoms with Crippen LogP contribution in [-0.4, -0.2) is 12.8 Å². The van der Waals surface area contributed by atoms with Crippen LogP contribution in [0.3, 0.4) is 0 Å². The van der Waals surface area contributed by atoms with Crippen LogP contribution in [0.15, 0.2) is 18.3 Å². The summed E-state index contributed by atoms with van der Waals surface area (Å²) in [6.45, 7) is 2.02. The van der Waals surface area contributed by atoms with Crippen LogP contribution in [0.5, 0.6) is 0 Å². The van der Waals surface area contributed by atoms with E-state index in [4.69, 9.17) is 7.85 Å². The number of hydrogen-bond donors (Lipinski definition) is 0. The summed E-state index contributed by atoms with van der Waals surface area (Å²) in [5.74, 6) is 0. The summed E-state index contributed by atoms with van der Waals surface area (Å²) < 4.78 is 1.17. The van der Waals surface area contributed by atoms with Crippen molar-refractivity contribution in [2.75, 3.05) is 0 Å². The highest BCUT2D eigenvalue weighted by atomic mass is 32.1. The second kappa shape index (κ2) is 2.34. The molecule has 3 heteroatoms. The first-order chi connectivity index (χ1) is 5.29. The molecule has 0 atom stereocenters. The molecule has 0 saturated heterocycles. The van der Waals surface area contributed by atoms with E-state index in [0.29, 0.717) is 0 Å². The molecule has 2 aromatic heterocycles. The van der Waals surface area contributed by atoms with Gasteiger partial charge in [-0.25, -0.2) is 0 Å². The van der Waals surface area contributed by atoms with E-state index in [9.17, 15) is 0 Å². The minimum Gasteiger partial charge on any atom is -0.256 e. The fraction of sp³-hybridized carbons (Fsp3) is 0.125. The Morgan fingerprint density at radius 1 is 1.55 bits per heavy atom. The number of fused-ring (bicyclic) bond motifs is 1. The van der Waals surface area contributed by atoms with Gasteiger partial charge in [0.1, 0.15) is 7.85 Å². The van der Waals surface area contributed by atoms with E-state index in [1.165, 1.54) is 4.70 Å². The Morgan fingerprint density at radius 3 is 3.09 bits per heavy atom. The molecule has 52 valence electrons. The van der Waals surface area contributed by atoms with Crippen LogP contribution in [0.4, 0.5) is 0 Å². The van der Waals surface area contributed by atoms with Crippen molar-refractivity contribution < 1.29 is 0 Å². The topological polar surface area (TPSA) is 12.9 Å². The molecule has 2 radical (unpaired) electrons. The predicted octanol–water partition coefficient (Wildman–Crippen LogP) is 1.40. The lowest BCUT2D eigenvalue weighted by Gasteiger charge is -1.88. The zero-order chi connectivity index (χ0) is 7.84. The summed E-state index contributed by atoms with van der Waals surface area (Å²) in [5.41, 5.74) is 1.76. The van der Waals surface area contributed by atoms with Gasteiger partial charge in [0.15, 0.2) is 0 Å². The molecule has 11 heavy (non-hydrogen) atoms. The van der Waals surface area contributed by atoms with Crippen molar-refractivity contribution in [1.82, 2.24) is 4.98 Å². The maximum atomic E-state index is 5.79. The maximum absolute atomic E-state index is 5.79. The normalized spacial score (nSPS) is 10.6. The van der Waals surface area contributed by atoms with E-state index in [0.717, 1.165) is 15.9 Å². The zero-order valence-corrected chi connectivity index (χ0v) is 6.98. The van der Waals surface area contributed by atoms with Gasteiger partial charge in [-0.1, -0.05) is 5.46 Å². The quantitative estimate of drug-likeness (QED) is 0.529. The highest BCUT2D eigenvalue weighted by Crippen LogP contribution is 2.19. The molecule has 1 nitrogen and oxygen atoms in total. The molecule has 0 aliphatic rings. The average molecular weight is 159 g/mol. The molecular weight excluding hydrogens is 153 g/mol. The zero-order valence-electron chi connectivity index (χ0n) is 6.16. The molecule has 0 N–H and O–H groups in total. The molecule has 2 rings (SSSR count). The van der Waals surface area contributed by atoms with Gasteiger partial charge >= 0.3 is 0 Å².